The first kappa shape index (κ1) is 67.8. The van der Waals surface area contributed by atoms with Gasteiger partial charge in [0.2, 0.25) is 0 Å². The van der Waals surface area contributed by atoms with Crippen LogP contribution in [-0.2, 0) is 38.0 Å². The second-order valence-corrected chi connectivity index (χ2v) is 20.8. The molecule has 2 heterocycles. The summed E-state index contributed by atoms with van der Waals surface area (Å²) in [6.07, 6.45) is 34.4. The Hall–Kier alpha value is -2.28. The van der Waals surface area contributed by atoms with E-state index in [9.17, 15) is 45.3 Å². The quantitative estimate of drug-likeness (QED) is 0.0171. The molecule has 2 aliphatic heterocycles. The number of unbranched alkanes of at least 4 members (excludes halogenated alkanes) is 27. The molecule has 0 amide bonds. The highest BCUT2D eigenvalue weighted by Crippen LogP contribution is 2.27. The summed E-state index contributed by atoms with van der Waals surface area (Å²) in [4.78, 5) is 25.9. The van der Waals surface area contributed by atoms with Gasteiger partial charge in [0.25, 0.3) is 0 Å². The van der Waals surface area contributed by atoms with E-state index in [0.29, 0.717) is 12.8 Å². The summed E-state index contributed by atoms with van der Waals surface area (Å²) in [5, 5.41) is 72.3. The van der Waals surface area contributed by atoms with Crippen molar-refractivity contribution in [2.24, 2.45) is 0 Å². The van der Waals surface area contributed by atoms with Gasteiger partial charge >= 0.3 is 11.9 Å². The average molecular weight is 1060 g/mol. The number of ether oxygens (including phenoxy) is 6. The molecular weight excluding hydrogens is 949 g/mol. The van der Waals surface area contributed by atoms with Crippen LogP contribution in [0.25, 0.3) is 0 Å². The number of esters is 2. The van der Waals surface area contributed by atoms with Crippen LogP contribution in [0.2, 0.25) is 0 Å². The minimum Gasteiger partial charge on any atom is -0.462 e. The van der Waals surface area contributed by atoms with E-state index >= 15 is 0 Å². The summed E-state index contributed by atoms with van der Waals surface area (Å²) >= 11 is 0. The summed E-state index contributed by atoms with van der Waals surface area (Å²) in [5.74, 6) is -0.927. The first-order valence-corrected chi connectivity index (χ1v) is 29.6. The molecule has 0 radical (unpaired) electrons. The third-order valence-electron chi connectivity index (χ3n) is 14.1. The summed E-state index contributed by atoms with van der Waals surface area (Å²) < 4.78 is 33.7. The molecule has 0 aromatic carbocycles. The van der Waals surface area contributed by atoms with Crippen molar-refractivity contribution >= 4 is 11.9 Å². The van der Waals surface area contributed by atoms with Crippen LogP contribution in [0.3, 0.4) is 0 Å². The summed E-state index contributed by atoms with van der Waals surface area (Å²) in [6, 6.07) is 0. The average Bonchev–Trinajstić information content (AvgIpc) is 3.39. The van der Waals surface area contributed by atoms with Crippen LogP contribution in [0.5, 0.6) is 0 Å². The number of aliphatic hydroxyl groups is 7. The Labute approximate surface area is 446 Å². The highest BCUT2D eigenvalue weighted by molar-refractivity contribution is 5.70. The molecule has 15 nitrogen and oxygen atoms in total. The highest BCUT2D eigenvalue weighted by atomic mass is 16.7. The first-order valence-electron chi connectivity index (χ1n) is 29.6. The zero-order valence-corrected chi connectivity index (χ0v) is 46.1. The Kier molecular flexibility index (Phi) is 41.9. The summed E-state index contributed by atoms with van der Waals surface area (Å²) in [6.45, 7) is 2.60. The molecule has 0 aromatic heterocycles. The molecule has 0 aliphatic carbocycles. The molecular formula is C59H106O15. The van der Waals surface area contributed by atoms with E-state index in [1.165, 1.54) is 128 Å². The first-order chi connectivity index (χ1) is 36.0. The number of allylic oxidation sites excluding steroid dienone is 6. The van der Waals surface area contributed by atoms with Crippen LogP contribution >= 0.6 is 0 Å². The molecule has 7 N–H and O–H groups in total. The van der Waals surface area contributed by atoms with Gasteiger partial charge in [-0.1, -0.05) is 185 Å². The Morgan fingerprint density at radius 1 is 0.432 bits per heavy atom. The van der Waals surface area contributed by atoms with Crippen molar-refractivity contribution in [3.05, 3.63) is 36.5 Å². The Bertz CT molecular complexity index is 1430. The second-order valence-electron chi connectivity index (χ2n) is 20.8. The number of carbonyl (C=O) groups excluding carboxylic acids is 2. The molecule has 15 heteroatoms. The van der Waals surface area contributed by atoms with Crippen LogP contribution < -0.4 is 0 Å². The van der Waals surface area contributed by atoms with Gasteiger partial charge in [0, 0.05) is 12.8 Å². The van der Waals surface area contributed by atoms with Crippen LogP contribution in [-0.4, -0.2) is 142 Å². The van der Waals surface area contributed by atoms with Crippen molar-refractivity contribution < 1.29 is 73.8 Å². The lowest BCUT2D eigenvalue weighted by Crippen LogP contribution is -2.61. The smallest absolute Gasteiger partial charge is 0.306 e. The molecule has 2 saturated heterocycles. The molecule has 2 aliphatic rings. The number of hydrogen-bond acceptors (Lipinski definition) is 15. The minimum atomic E-state index is -1.77. The van der Waals surface area contributed by atoms with Gasteiger partial charge in [0.15, 0.2) is 18.7 Å². The fraction of sp³-hybridized carbons (Fsp3) is 0.864. The van der Waals surface area contributed by atoms with Crippen molar-refractivity contribution in [1.29, 1.82) is 0 Å². The van der Waals surface area contributed by atoms with Crippen molar-refractivity contribution in [1.82, 2.24) is 0 Å². The lowest BCUT2D eigenvalue weighted by Gasteiger charge is -2.42. The SMILES string of the molecule is CCCCCCC/C=C\C/C=C\CCCCCCCCCCCC(=O)OC(COC(=O)CCCCCCCCC/C=C\CCCCCCCC)COC1OC(COC2OC(CO)C(O)C(O)C2O)C(O)C(O)C1O. The predicted molar refractivity (Wildman–Crippen MR) is 289 cm³/mol. The normalized spacial score (nSPS) is 24.9. The molecule has 0 spiro atoms. The largest absolute Gasteiger partial charge is 0.462 e. The predicted octanol–water partition coefficient (Wildman–Crippen LogP) is 10.1. The van der Waals surface area contributed by atoms with Gasteiger partial charge in [0.1, 0.15) is 55.4 Å². The van der Waals surface area contributed by atoms with E-state index in [-0.39, 0.29) is 26.1 Å². The molecule has 2 fully saturated rings. The van der Waals surface area contributed by atoms with E-state index in [1.54, 1.807) is 0 Å². The standard InChI is InChI=1S/C59H106O15/c1-3-5-7-9-11-13-15-17-19-21-22-23-24-26-28-30-32-34-36-38-40-42-51(62)72-47(44-69-50(61)41-39-37-35-33-31-29-27-25-20-18-16-14-12-10-8-6-4-2)45-70-58-57(68)55(66)53(64)49(74-58)46-71-59-56(67)54(65)52(63)48(43-60)73-59/h15,17-18,20-22,47-49,52-60,63-68H,3-14,16,19,23-46H2,1-2H3/b17-15-,20-18-,22-21-. The number of carbonyl (C=O) groups is 2. The van der Waals surface area contributed by atoms with Crippen molar-refractivity contribution in [2.75, 3.05) is 26.4 Å². The van der Waals surface area contributed by atoms with Crippen molar-refractivity contribution in [3.8, 4) is 0 Å². The van der Waals surface area contributed by atoms with Crippen LogP contribution in [0.4, 0.5) is 0 Å². The van der Waals surface area contributed by atoms with Gasteiger partial charge in [-0.25, -0.2) is 0 Å². The monoisotopic (exact) mass is 1050 g/mol. The maximum absolute atomic E-state index is 13.1. The van der Waals surface area contributed by atoms with Crippen LogP contribution in [0, 0.1) is 0 Å². The van der Waals surface area contributed by atoms with E-state index in [0.717, 1.165) is 64.2 Å². The van der Waals surface area contributed by atoms with Gasteiger partial charge < -0.3 is 64.2 Å². The van der Waals surface area contributed by atoms with E-state index < -0.39 is 92.7 Å². The van der Waals surface area contributed by atoms with E-state index in [4.69, 9.17) is 28.4 Å². The minimum absolute atomic E-state index is 0.160. The zero-order chi connectivity index (χ0) is 53.9. The molecule has 11 atom stereocenters. The molecule has 0 saturated carbocycles. The second kappa shape index (κ2) is 45.7. The van der Waals surface area contributed by atoms with E-state index in [2.05, 4.69) is 50.3 Å². The number of aliphatic hydroxyl groups excluding tert-OH is 7. The van der Waals surface area contributed by atoms with Gasteiger partial charge in [-0.2, -0.15) is 0 Å². The lowest BCUT2D eigenvalue weighted by molar-refractivity contribution is -0.332. The van der Waals surface area contributed by atoms with Gasteiger partial charge in [-0.15, -0.1) is 0 Å². The van der Waals surface area contributed by atoms with Crippen molar-refractivity contribution in [2.45, 2.75) is 300 Å². The molecule has 432 valence electrons. The molecule has 0 aromatic rings. The lowest BCUT2D eigenvalue weighted by atomic mass is 9.98. The molecule has 74 heavy (non-hydrogen) atoms. The maximum Gasteiger partial charge on any atom is 0.306 e. The van der Waals surface area contributed by atoms with Gasteiger partial charge in [0.05, 0.1) is 19.8 Å². The summed E-state index contributed by atoms with van der Waals surface area (Å²) in [5.41, 5.74) is 0. The van der Waals surface area contributed by atoms with Crippen molar-refractivity contribution in [3.63, 3.8) is 0 Å². The third kappa shape index (κ3) is 32.5. The maximum atomic E-state index is 13.1. The van der Waals surface area contributed by atoms with Gasteiger partial charge in [-0.05, 0) is 70.6 Å². The van der Waals surface area contributed by atoms with Gasteiger partial charge in [-0.3, -0.25) is 9.59 Å². The zero-order valence-electron chi connectivity index (χ0n) is 46.1. The Balaban J connectivity index is 1.75. The fourth-order valence-corrected chi connectivity index (χ4v) is 9.24. The van der Waals surface area contributed by atoms with Crippen LogP contribution in [0.1, 0.15) is 232 Å². The number of hydrogen-bond donors (Lipinski definition) is 7. The Morgan fingerprint density at radius 3 is 1.27 bits per heavy atom. The highest BCUT2D eigenvalue weighted by Gasteiger charge is 2.47. The fourth-order valence-electron chi connectivity index (χ4n) is 9.24. The molecule has 2 rings (SSSR count). The third-order valence-corrected chi connectivity index (χ3v) is 14.1. The molecule has 0 bridgehead atoms. The van der Waals surface area contributed by atoms with Crippen LogP contribution in [0.15, 0.2) is 36.5 Å². The molecule has 11 unspecified atom stereocenters. The summed E-state index contributed by atoms with van der Waals surface area (Å²) in [7, 11) is 0. The van der Waals surface area contributed by atoms with E-state index in [1.807, 2.05) is 0 Å². The topological polar surface area (TPSA) is 231 Å². The Morgan fingerprint density at radius 2 is 0.811 bits per heavy atom. The number of rotatable bonds is 47.